The van der Waals surface area contributed by atoms with Crippen LogP contribution in [0.15, 0.2) is 60.7 Å². The Morgan fingerprint density at radius 1 is 1.04 bits per heavy atom. The molecule has 4 rings (SSSR count). The molecule has 2 heterocycles. The maximum absolute atomic E-state index is 5.90. The summed E-state index contributed by atoms with van der Waals surface area (Å²) in [5.74, 6) is 1.45. The van der Waals surface area contributed by atoms with Gasteiger partial charge in [-0.3, -0.25) is 0 Å². The highest BCUT2D eigenvalue weighted by molar-refractivity contribution is 5.81. The first kappa shape index (κ1) is 14.3. The first-order chi connectivity index (χ1) is 11.4. The third kappa shape index (κ3) is 2.97. The van der Waals surface area contributed by atoms with Crippen LogP contribution in [0, 0.1) is 0 Å². The summed E-state index contributed by atoms with van der Waals surface area (Å²) < 4.78 is 8.38. The van der Waals surface area contributed by atoms with Gasteiger partial charge < -0.3 is 14.6 Å². The van der Waals surface area contributed by atoms with E-state index in [0.717, 1.165) is 38.4 Å². The van der Waals surface area contributed by atoms with Crippen molar-refractivity contribution in [2.45, 2.75) is 18.9 Å². The van der Waals surface area contributed by atoms with Crippen molar-refractivity contribution in [1.29, 1.82) is 0 Å². The summed E-state index contributed by atoms with van der Waals surface area (Å²) in [5, 5.41) is 4.91. The van der Waals surface area contributed by atoms with Crippen molar-refractivity contribution in [2.24, 2.45) is 0 Å². The number of hydrogen-bond donors (Lipinski definition) is 1. The Balaban J connectivity index is 1.53. The molecule has 3 heteroatoms. The lowest BCUT2D eigenvalue weighted by atomic mass is 10.0. The second-order valence-electron chi connectivity index (χ2n) is 6.13. The lowest BCUT2D eigenvalue weighted by molar-refractivity contribution is 0.295. The summed E-state index contributed by atoms with van der Waals surface area (Å²) in [6.07, 6.45) is 1.03. The molecule has 0 aliphatic carbocycles. The van der Waals surface area contributed by atoms with Crippen molar-refractivity contribution in [3.05, 3.63) is 66.4 Å². The third-order valence-corrected chi connectivity index (χ3v) is 4.64. The zero-order valence-corrected chi connectivity index (χ0v) is 13.2. The highest BCUT2D eigenvalue weighted by Gasteiger charge is 2.20. The van der Waals surface area contributed by atoms with E-state index in [1.807, 2.05) is 30.3 Å². The van der Waals surface area contributed by atoms with Crippen molar-refractivity contribution in [1.82, 2.24) is 9.88 Å². The zero-order chi connectivity index (χ0) is 15.5. The molecule has 118 valence electrons. The van der Waals surface area contributed by atoms with Gasteiger partial charge in [0.2, 0.25) is 0 Å². The van der Waals surface area contributed by atoms with Gasteiger partial charge in [-0.1, -0.05) is 36.4 Å². The minimum atomic E-state index is 0.494. The molecule has 1 aromatic heterocycles. The molecule has 0 radical (unpaired) electrons. The van der Waals surface area contributed by atoms with Crippen LogP contribution in [0.5, 0.6) is 5.75 Å². The molecule has 1 aliphatic rings. The lowest BCUT2D eigenvalue weighted by Gasteiger charge is -2.16. The average Bonchev–Trinajstić information content (AvgIpc) is 2.85. The van der Waals surface area contributed by atoms with E-state index < -0.39 is 0 Å². The normalized spacial score (nSPS) is 17.7. The Kier molecular flexibility index (Phi) is 4.03. The van der Waals surface area contributed by atoms with Crippen LogP contribution in [0.4, 0.5) is 0 Å². The number of ether oxygens (including phenoxy) is 1. The van der Waals surface area contributed by atoms with Crippen LogP contribution in [-0.4, -0.2) is 24.3 Å². The minimum Gasteiger partial charge on any atom is -0.494 e. The number of fused-ring (bicyclic) bond motifs is 3. The number of nitrogens with zero attached hydrogens (tertiary/aromatic N) is 1. The number of rotatable bonds is 4. The van der Waals surface area contributed by atoms with E-state index in [1.54, 1.807) is 0 Å². The molecule has 0 fully saturated rings. The molecule has 0 saturated carbocycles. The van der Waals surface area contributed by atoms with Crippen LogP contribution in [0.2, 0.25) is 0 Å². The SMILES string of the molecule is c1ccc(OCCC2CNCCn3c2cc2ccccc23)cc1. The van der Waals surface area contributed by atoms with Gasteiger partial charge in [0, 0.05) is 36.8 Å². The van der Waals surface area contributed by atoms with E-state index in [-0.39, 0.29) is 0 Å². The fraction of sp³-hybridized carbons (Fsp3) is 0.300. The van der Waals surface area contributed by atoms with E-state index in [9.17, 15) is 0 Å². The van der Waals surface area contributed by atoms with Crippen molar-refractivity contribution in [3.63, 3.8) is 0 Å². The third-order valence-electron chi connectivity index (χ3n) is 4.64. The smallest absolute Gasteiger partial charge is 0.119 e. The Morgan fingerprint density at radius 2 is 1.87 bits per heavy atom. The summed E-state index contributed by atoms with van der Waals surface area (Å²) in [6.45, 7) is 3.84. The second-order valence-corrected chi connectivity index (χ2v) is 6.13. The van der Waals surface area contributed by atoms with Crippen molar-refractivity contribution >= 4 is 10.9 Å². The Morgan fingerprint density at radius 3 is 2.78 bits per heavy atom. The average molecular weight is 306 g/mol. The number of para-hydroxylation sites is 2. The number of hydrogen-bond acceptors (Lipinski definition) is 2. The van der Waals surface area contributed by atoms with Gasteiger partial charge in [0.1, 0.15) is 5.75 Å². The van der Waals surface area contributed by atoms with Gasteiger partial charge in [-0.2, -0.15) is 0 Å². The topological polar surface area (TPSA) is 26.2 Å². The van der Waals surface area contributed by atoms with Gasteiger partial charge >= 0.3 is 0 Å². The molecule has 3 aromatic rings. The predicted molar refractivity (Wildman–Crippen MR) is 94.1 cm³/mol. The first-order valence-corrected chi connectivity index (χ1v) is 8.38. The summed E-state index contributed by atoms with van der Waals surface area (Å²) >= 11 is 0. The second kappa shape index (κ2) is 6.47. The number of nitrogens with one attached hydrogen (secondary N) is 1. The molecule has 0 bridgehead atoms. The molecule has 0 saturated heterocycles. The van der Waals surface area contributed by atoms with Crippen molar-refractivity contribution in [2.75, 3.05) is 19.7 Å². The minimum absolute atomic E-state index is 0.494. The maximum Gasteiger partial charge on any atom is 0.119 e. The van der Waals surface area contributed by atoms with Crippen LogP contribution in [-0.2, 0) is 6.54 Å². The summed E-state index contributed by atoms with van der Waals surface area (Å²) in [4.78, 5) is 0. The number of benzene rings is 2. The Bertz CT molecular complexity index is 779. The summed E-state index contributed by atoms with van der Waals surface area (Å²) in [6, 6.07) is 21.1. The van der Waals surface area contributed by atoms with Crippen LogP contribution in [0.1, 0.15) is 18.0 Å². The van der Waals surface area contributed by atoms with Gasteiger partial charge in [0.05, 0.1) is 6.61 Å². The summed E-state index contributed by atoms with van der Waals surface area (Å²) in [5.41, 5.74) is 2.79. The maximum atomic E-state index is 5.90. The van der Waals surface area contributed by atoms with Gasteiger partial charge in [0.15, 0.2) is 0 Å². The van der Waals surface area contributed by atoms with Crippen LogP contribution >= 0.6 is 0 Å². The van der Waals surface area contributed by atoms with E-state index in [1.165, 1.54) is 16.6 Å². The molecule has 3 nitrogen and oxygen atoms in total. The fourth-order valence-corrected chi connectivity index (χ4v) is 3.48. The highest BCUT2D eigenvalue weighted by Crippen LogP contribution is 2.29. The van der Waals surface area contributed by atoms with E-state index >= 15 is 0 Å². The Hall–Kier alpha value is -2.26. The van der Waals surface area contributed by atoms with E-state index in [4.69, 9.17) is 4.74 Å². The van der Waals surface area contributed by atoms with Gasteiger partial charge in [-0.15, -0.1) is 0 Å². The standard InChI is InChI=1S/C20H22N2O/c1-2-7-18(8-3-1)23-13-10-17-15-21-11-12-22-19-9-5-4-6-16(19)14-20(17)22/h1-9,14,17,21H,10-13,15H2. The van der Waals surface area contributed by atoms with Crippen molar-refractivity contribution in [3.8, 4) is 5.75 Å². The molecule has 0 amide bonds. The van der Waals surface area contributed by atoms with Crippen molar-refractivity contribution < 1.29 is 4.74 Å². The molecule has 1 aliphatic heterocycles. The van der Waals surface area contributed by atoms with E-state index in [0.29, 0.717) is 5.92 Å². The quantitative estimate of drug-likeness (QED) is 0.793. The molecule has 1 N–H and O–H groups in total. The number of aromatic nitrogens is 1. The van der Waals surface area contributed by atoms with Crippen LogP contribution < -0.4 is 10.1 Å². The molecule has 1 unspecified atom stereocenters. The van der Waals surface area contributed by atoms with Crippen LogP contribution in [0.25, 0.3) is 10.9 Å². The van der Waals surface area contributed by atoms with Gasteiger partial charge in [-0.05, 0) is 36.1 Å². The molecular formula is C20H22N2O. The van der Waals surface area contributed by atoms with Crippen LogP contribution in [0.3, 0.4) is 0 Å². The molecule has 1 atom stereocenters. The molecule has 2 aromatic carbocycles. The molecule has 0 spiro atoms. The lowest BCUT2D eigenvalue weighted by Crippen LogP contribution is -2.21. The zero-order valence-electron chi connectivity index (χ0n) is 13.2. The Labute approximate surface area is 136 Å². The fourth-order valence-electron chi connectivity index (χ4n) is 3.48. The molecular weight excluding hydrogens is 284 g/mol. The first-order valence-electron chi connectivity index (χ1n) is 8.38. The highest BCUT2D eigenvalue weighted by atomic mass is 16.5. The summed E-state index contributed by atoms with van der Waals surface area (Å²) in [7, 11) is 0. The monoisotopic (exact) mass is 306 g/mol. The van der Waals surface area contributed by atoms with E-state index in [2.05, 4.69) is 40.2 Å². The molecule has 23 heavy (non-hydrogen) atoms. The largest absolute Gasteiger partial charge is 0.494 e. The van der Waals surface area contributed by atoms with Gasteiger partial charge in [-0.25, -0.2) is 0 Å². The van der Waals surface area contributed by atoms with Gasteiger partial charge in [0.25, 0.3) is 0 Å². The predicted octanol–water partition coefficient (Wildman–Crippen LogP) is 3.80.